The van der Waals surface area contributed by atoms with Crippen LogP contribution in [0.5, 0.6) is 0 Å². The molecule has 1 saturated heterocycles. The first-order chi connectivity index (χ1) is 13.7. The maximum absolute atomic E-state index is 12.1. The van der Waals surface area contributed by atoms with Crippen LogP contribution in [-0.2, 0) is 14.3 Å². The van der Waals surface area contributed by atoms with E-state index in [1.807, 2.05) is 11.2 Å². The first-order valence-electron chi connectivity index (χ1n) is 8.23. The van der Waals surface area contributed by atoms with Crippen LogP contribution in [0.25, 0.3) is 0 Å². The molecule has 13 heteroatoms. The number of H-pyrrole nitrogens is 1. The molecule has 0 aliphatic carbocycles. The molecule has 2 heterocycles. The normalized spacial score (nSPS) is 21.5. The largest absolute Gasteiger partial charge is 0.471 e. The van der Waals surface area contributed by atoms with Crippen LogP contribution in [-0.4, -0.2) is 64.3 Å². The zero-order valence-corrected chi connectivity index (χ0v) is 15.9. The number of amides is 1. The molecule has 29 heavy (non-hydrogen) atoms. The van der Waals surface area contributed by atoms with Gasteiger partial charge in [-0.3, -0.25) is 19.1 Å². The molecule has 0 aromatic carbocycles. The van der Waals surface area contributed by atoms with Gasteiger partial charge in [-0.2, -0.15) is 13.2 Å². The minimum atomic E-state index is -5.04. The van der Waals surface area contributed by atoms with E-state index in [0.29, 0.717) is 5.94 Å². The third-order valence-electron chi connectivity index (χ3n) is 3.86. The predicted molar refractivity (Wildman–Crippen MR) is 96.1 cm³/mol. The maximum Gasteiger partial charge on any atom is 0.471 e. The Bertz CT molecular complexity index is 904. The summed E-state index contributed by atoms with van der Waals surface area (Å²) in [5, 5.41) is 11.0. The van der Waals surface area contributed by atoms with E-state index in [1.54, 1.807) is 5.32 Å². The molecule has 1 aromatic heterocycles. The molecule has 0 bridgehead atoms. The highest BCUT2D eigenvalue weighted by Gasteiger charge is 2.38. The lowest BCUT2D eigenvalue weighted by Gasteiger charge is -2.15. The molecule has 2 rings (SSSR count). The van der Waals surface area contributed by atoms with Crippen LogP contribution < -0.4 is 16.6 Å². The number of halogens is 3. The van der Waals surface area contributed by atoms with E-state index in [1.165, 1.54) is 11.8 Å². The molecule has 1 aliphatic heterocycles. The van der Waals surface area contributed by atoms with Gasteiger partial charge in [-0.1, -0.05) is 11.8 Å². The van der Waals surface area contributed by atoms with Gasteiger partial charge in [-0.05, 0) is 6.26 Å². The van der Waals surface area contributed by atoms with Crippen molar-refractivity contribution in [2.24, 2.45) is 0 Å². The average molecular weight is 437 g/mol. The minimum Gasteiger partial charge on any atom is -0.394 e. The summed E-state index contributed by atoms with van der Waals surface area (Å²) in [6, 6.07) is 0. The molecule has 3 N–H and O–H groups in total. The Morgan fingerprint density at radius 3 is 2.86 bits per heavy atom. The molecule has 1 aromatic rings. The molecule has 0 radical (unpaired) electrons. The number of aliphatic hydroxyl groups is 1. The molecule has 160 valence electrons. The number of thioether (sulfide) groups is 1. The maximum atomic E-state index is 12.1. The molecule has 1 aliphatic rings. The van der Waals surface area contributed by atoms with Crippen LogP contribution in [0.15, 0.2) is 15.8 Å². The van der Waals surface area contributed by atoms with Crippen LogP contribution in [0.3, 0.4) is 0 Å². The summed E-state index contributed by atoms with van der Waals surface area (Å²) in [6.45, 7) is -0.979. The predicted octanol–water partition coefficient (Wildman–Crippen LogP) is -0.448. The summed E-state index contributed by atoms with van der Waals surface area (Å²) in [5.74, 6) is 2.72. The number of carbonyl (C=O) groups is 1. The monoisotopic (exact) mass is 437 g/mol. The van der Waals surface area contributed by atoms with E-state index in [0.717, 1.165) is 10.8 Å². The summed E-state index contributed by atoms with van der Waals surface area (Å²) in [5.41, 5.74) is -1.82. The summed E-state index contributed by atoms with van der Waals surface area (Å²) < 4.78 is 48.5. The van der Waals surface area contributed by atoms with Crippen molar-refractivity contribution in [3.05, 3.63) is 32.6 Å². The molecular formula is C16H18F3N3O6S. The fourth-order valence-electron chi connectivity index (χ4n) is 2.52. The van der Waals surface area contributed by atoms with Crippen molar-refractivity contribution >= 4 is 17.7 Å². The number of ether oxygens (including phenoxy) is 2. The van der Waals surface area contributed by atoms with Gasteiger partial charge in [0.1, 0.15) is 17.9 Å². The number of aromatic nitrogens is 2. The Hall–Kier alpha value is -2.27. The van der Waals surface area contributed by atoms with Crippen molar-refractivity contribution in [1.82, 2.24) is 14.9 Å². The Balaban J connectivity index is 2.16. The highest BCUT2D eigenvalue weighted by atomic mass is 32.2. The van der Waals surface area contributed by atoms with Crippen molar-refractivity contribution < 1.29 is 32.5 Å². The van der Waals surface area contributed by atoms with Gasteiger partial charge in [0.05, 0.1) is 25.2 Å². The standard InChI is InChI=1S/C16H18F3N3O6S/c1-29-8-27-10-5-12(28-11(10)7-23)22-6-9(13(24)21-15(22)26)3-2-4-20-14(25)16(17,18)19/h6,10-12,23H,4-5,7-8H2,1H3,(H,20,25)(H,21,24,26)/t10-,11?,12-/m1/s1. The van der Waals surface area contributed by atoms with Crippen molar-refractivity contribution in [2.75, 3.05) is 25.3 Å². The molecule has 1 fully saturated rings. The number of alkyl halides is 3. The van der Waals surface area contributed by atoms with Gasteiger partial charge >= 0.3 is 17.8 Å². The van der Waals surface area contributed by atoms with Crippen LogP contribution in [0.2, 0.25) is 0 Å². The fourth-order valence-corrected chi connectivity index (χ4v) is 2.83. The topological polar surface area (TPSA) is 123 Å². The van der Waals surface area contributed by atoms with Gasteiger partial charge in [0.15, 0.2) is 0 Å². The van der Waals surface area contributed by atoms with Crippen molar-refractivity contribution in [1.29, 1.82) is 0 Å². The third kappa shape index (κ3) is 6.10. The molecule has 3 atom stereocenters. The van der Waals surface area contributed by atoms with Crippen LogP contribution in [0.1, 0.15) is 18.2 Å². The number of hydrogen-bond donors (Lipinski definition) is 3. The van der Waals surface area contributed by atoms with Crippen molar-refractivity contribution in [2.45, 2.75) is 31.0 Å². The van der Waals surface area contributed by atoms with Gasteiger partial charge in [0.2, 0.25) is 0 Å². The number of carbonyl (C=O) groups excluding carboxylic acids is 1. The fraction of sp³-hybridized carbons (Fsp3) is 0.562. The molecule has 0 saturated carbocycles. The van der Waals surface area contributed by atoms with Crippen LogP contribution in [0, 0.1) is 11.8 Å². The number of aliphatic hydroxyl groups excluding tert-OH is 1. The highest BCUT2D eigenvalue weighted by molar-refractivity contribution is 7.98. The quantitative estimate of drug-likeness (QED) is 0.407. The number of nitrogens with one attached hydrogen (secondary N) is 2. The van der Waals surface area contributed by atoms with Crippen molar-refractivity contribution in [3.63, 3.8) is 0 Å². The number of hydrogen-bond acceptors (Lipinski definition) is 7. The Morgan fingerprint density at radius 1 is 1.52 bits per heavy atom. The SMILES string of the molecule is CSCO[C@@H]1C[C@H](n2cc(C#CCNC(=O)C(F)(F)F)c(=O)[nH]c2=O)OC1CO. The first kappa shape index (κ1) is 23.0. The zero-order chi connectivity index (χ0) is 21.6. The highest BCUT2D eigenvalue weighted by Crippen LogP contribution is 2.30. The lowest BCUT2D eigenvalue weighted by molar-refractivity contribution is -0.173. The lowest BCUT2D eigenvalue weighted by atomic mass is 10.2. The summed E-state index contributed by atoms with van der Waals surface area (Å²) in [4.78, 5) is 36.7. The lowest BCUT2D eigenvalue weighted by Crippen LogP contribution is -2.37. The number of rotatable bonds is 6. The molecule has 9 nitrogen and oxygen atoms in total. The first-order valence-corrected chi connectivity index (χ1v) is 9.63. The molecular weight excluding hydrogens is 419 g/mol. The van der Waals surface area contributed by atoms with Crippen LogP contribution in [0.4, 0.5) is 13.2 Å². The molecule has 1 unspecified atom stereocenters. The minimum absolute atomic E-state index is 0.205. The molecule has 1 amide bonds. The van der Waals surface area contributed by atoms with Crippen molar-refractivity contribution in [3.8, 4) is 11.8 Å². The van der Waals surface area contributed by atoms with Gasteiger partial charge in [0, 0.05) is 12.6 Å². The average Bonchev–Trinajstić information content (AvgIpc) is 3.06. The second kappa shape index (κ2) is 9.97. The van der Waals surface area contributed by atoms with Gasteiger partial charge in [-0.25, -0.2) is 4.79 Å². The Morgan fingerprint density at radius 2 is 2.24 bits per heavy atom. The summed E-state index contributed by atoms with van der Waals surface area (Å²) in [6.07, 6.45) is -3.85. The number of nitrogens with zero attached hydrogens (tertiary/aromatic N) is 1. The smallest absolute Gasteiger partial charge is 0.394 e. The van der Waals surface area contributed by atoms with E-state index in [4.69, 9.17) is 9.47 Å². The second-order valence-electron chi connectivity index (χ2n) is 5.85. The molecule has 0 spiro atoms. The van der Waals surface area contributed by atoms with Gasteiger partial charge < -0.3 is 19.9 Å². The van der Waals surface area contributed by atoms with E-state index in [-0.39, 0.29) is 18.6 Å². The van der Waals surface area contributed by atoms with Crippen LogP contribution >= 0.6 is 11.8 Å². The third-order valence-corrected chi connectivity index (χ3v) is 4.23. The Kier molecular flexibility index (Phi) is 7.91. The van der Waals surface area contributed by atoms with E-state index in [9.17, 15) is 32.7 Å². The second-order valence-corrected chi connectivity index (χ2v) is 6.66. The van der Waals surface area contributed by atoms with Gasteiger partial charge in [-0.15, -0.1) is 11.8 Å². The Labute approximate surface area is 166 Å². The summed E-state index contributed by atoms with van der Waals surface area (Å²) >= 11 is 1.43. The number of aromatic amines is 1. The zero-order valence-electron chi connectivity index (χ0n) is 15.1. The van der Waals surface area contributed by atoms with Gasteiger partial charge in [0.25, 0.3) is 5.56 Å². The summed E-state index contributed by atoms with van der Waals surface area (Å²) in [7, 11) is 0. The van der Waals surface area contributed by atoms with E-state index >= 15 is 0 Å². The van der Waals surface area contributed by atoms with E-state index < -0.39 is 48.3 Å². The van der Waals surface area contributed by atoms with E-state index in [2.05, 4.69) is 11.8 Å².